The number of nitrogens with one attached hydrogen (secondary N) is 2. The summed E-state index contributed by atoms with van der Waals surface area (Å²) < 4.78 is 10.7. The molecule has 1 unspecified atom stereocenters. The second kappa shape index (κ2) is 4.63. The molecule has 1 aromatic heterocycles. The average Bonchev–Trinajstić information content (AvgIpc) is 2.98. The Labute approximate surface area is 93.3 Å². The Kier molecular flexibility index (Phi) is 3.21. The molecule has 6 nitrogen and oxygen atoms in total. The monoisotopic (exact) mass is 225 g/mol. The fraction of sp³-hybridized carbons (Fsp3) is 0.600. The number of carbonyl (C=O) groups excluding carboxylic acids is 1. The van der Waals surface area contributed by atoms with Crippen LogP contribution in [0.15, 0.2) is 12.4 Å². The number of nitrogens with zero attached hydrogens (tertiary/aromatic N) is 1. The molecule has 1 fully saturated rings. The first kappa shape index (κ1) is 11.1. The van der Waals surface area contributed by atoms with E-state index in [1.165, 1.54) is 6.20 Å². The van der Waals surface area contributed by atoms with Crippen LogP contribution in [-0.4, -0.2) is 48.6 Å². The number of rotatable bonds is 4. The maximum atomic E-state index is 11.7. The number of aromatic amines is 1. The number of hydrogen-bond donors (Lipinski definition) is 2. The van der Waals surface area contributed by atoms with Crippen LogP contribution in [-0.2, 0) is 9.47 Å². The van der Waals surface area contributed by atoms with E-state index in [9.17, 15) is 4.79 Å². The summed E-state index contributed by atoms with van der Waals surface area (Å²) in [6.45, 7) is 1.65. The number of ether oxygens (including phenoxy) is 2. The van der Waals surface area contributed by atoms with Gasteiger partial charge in [-0.2, -0.15) is 5.10 Å². The number of amides is 1. The van der Waals surface area contributed by atoms with Crippen molar-refractivity contribution in [2.45, 2.75) is 12.0 Å². The van der Waals surface area contributed by atoms with Gasteiger partial charge in [0.15, 0.2) is 0 Å². The Morgan fingerprint density at radius 3 is 3.25 bits per heavy atom. The minimum absolute atomic E-state index is 0.155. The zero-order valence-electron chi connectivity index (χ0n) is 9.16. The lowest BCUT2D eigenvalue weighted by Gasteiger charge is -2.25. The van der Waals surface area contributed by atoms with Crippen LogP contribution >= 0.6 is 0 Å². The first-order valence-electron chi connectivity index (χ1n) is 5.16. The molecule has 2 rings (SSSR count). The van der Waals surface area contributed by atoms with Crippen LogP contribution in [0.2, 0.25) is 0 Å². The lowest BCUT2D eigenvalue weighted by atomic mass is 10.0. The predicted octanol–water partition coefficient (Wildman–Crippen LogP) is -0.0550. The van der Waals surface area contributed by atoms with Gasteiger partial charge in [0.2, 0.25) is 0 Å². The van der Waals surface area contributed by atoms with Gasteiger partial charge in [0.05, 0.1) is 18.4 Å². The van der Waals surface area contributed by atoms with Crippen LogP contribution in [0.25, 0.3) is 0 Å². The summed E-state index contributed by atoms with van der Waals surface area (Å²) in [5, 5.41) is 9.13. The van der Waals surface area contributed by atoms with Crippen molar-refractivity contribution in [1.82, 2.24) is 15.5 Å². The Morgan fingerprint density at radius 2 is 2.69 bits per heavy atom. The zero-order valence-corrected chi connectivity index (χ0v) is 9.16. The molecule has 0 saturated carbocycles. The van der Waals surface area contributed by atoms with Gasteiger partial charge in [-0.25, -0.2) is 0 Å². The Bertz CT molecular complexity index is 344. The van der Waals surface area contributed by atoms with E-state index in [4.69, 9.17) is 9.47 Å². The molecule has 16 heavy (non-hydrogen) atoms. The molecule has 0 spiro atoms. The Balaban J connectivity index is 1.89. The molecule has 6 heteroatoms. The SMILES string of the molecule is COC1(CNC(=O)c2cn[nH]c2)CCOC1. The summed E-state index contributed by atoms with van der Waals surface area (Å²) >= 11 is 0. The molecular formula is C10H15N3O3. The lowest BCUT2D eigenvalue weighted by molar-refractivity contribution is -0.0148. The first-order chi connectivity index (χ1) is 7.76. The van der Waals surface area contributed by atoms with Gasteiger partial charge in [0.1, 0.15) is 5.60 Å². The second-order valence-electron chi connectivity index (χ2n) is 3.86. The molecule has 1 amide bonds. The maximum Gasteiger partial charge on any atom is 0.254 e. The molecule has 0 radical (unpaired) electrons. The van der Waals surface area contributed by atoms with Gasteiger partial charge >= 0.3 is 0 Å². The third-order valence-corrected chi connectivity index (χ3v) is 2.83. The minimum atomic E-state index is -0.376. The smallest absolute Gasteiger partial charge is 0.254 e. The highest BCUT2D eigenvalue weighted by Crippen LogP contribution is 2.21. The summed E-state index contributed by atoms with van der Waals surface area (Å²) in [4.78, 5) is 11.7. The summed E-state index contributed by atoms with van der Waals surface area (Å²) in [7, 11) is 1.64. The van der Waals surface area contributed by atoms with Crippen LogP contribution in [0.5, 0.6) is 0 Å². The van der Waals surface area contributed by atoms with E-state index in [0.29, 0.717) is 25.3 Å². The van der Waals surface area contributed by atoms with Crippen molar-refractivity contribution >= 4 is 5.91 Å². The fourth-order valence-corrected chi connectivity index (χ4v) is 1.68. The van der Waals surface area contributed by atoms with Crippen LogP contribution in [0.3, 0.4) is 0 Å². The van der Waals surface area contributed by atoms with Crippen molar-refractivity contribution in [3.8, 4) is 0 Å². The first-order valence-corrected chi connectivity index (χ1v) is 5.16. The van der Waals surface area contributed by atoms with Gasteiger partial charge in [-0.05, 0) is 0 Å². The molecule has 1 aromatic rings. The highest BCUT2D eigenvalue weighted by Gasteiger charge is 2.35. The number of aromatic nitrogens is 2. The topological polar surface area (TPSA) is 76.2 Å². The van der Waals surface area contributed by atoms with E-state index < -0.39 is 0 Å². The predicted molar refractivity (Wildman–Crippen MR) is 56.1 cm³/mol. The van der Waals surface area contributed by atoms with Crippen molar-refractivity contribution in [2.24, 2.45) is 0 Å². The average molecular weight is 225 g/mol. The maximum absolute atomic E-state index is 11.7. The summed E-state index contributed by atoms with van der Waals surface area (Å²) in [6, 6.07) is 0. The third kappa shape index (κ3) is 2.23. The second-order valence-corrected chi connectivity index (χ2v) is 3.86. The van der Waals surface area contributed by atoms with Gasteiger partial charge < -0.3 is 14.8 Å². The van der Waals surface area contributed by atoms with Gasteiger partial charge in [-0.15, -0.1) is 0 Å². The van der Waals surface area contributed by atoms with E-state index in [1.54, 1.807) is 13.3 Å². The molecule has 0 bridgehead atoms. The Morgan fingerprint density at radius 1 is 1.81 bits per heavy atom. The van der Waals surface area contributed by atoms with Crippen LogP contribution in [0, 0.1) is 0 Å². The molecule has 2 N–H and O–H groups in total. The molecule has 1 aliphatic heterocycles. The van der Waals surface area contributed by atoms with E-state index in [2.05, 4.69) is 15.5 Å². The van der Waals surface area contributed by atoms with Crippen molar-refractivity contribution in [3.05, 3.63) is 18.0 Å². The van der Waals surface area contributed by atoms with Crippen molar-refractivity contribution in [3.63, 3.8) is 0 Å². The largest absolute Gasteiger partial charge is 0.378 e. The molecule has 0 aromatic carbocycles. The van der Waals surface area contributed by atoms with Crippen LogP contribution in [0.1, 0.15) is 16.8 Å². The van der Waals surface area contributed by atoms with E-state index >= 15 is 0 Å². The molecule has 0 aliphatic carbocycles. The van der Waals surface area contributed by atoms with Crippen LogP contribution < -0.4 is 5.32 Å². The molecule has 1 atom stereocenters. The fourth-order valence-electron chi connectivity index (χ4n) is 1.68. The highest BCUT2D eigenvalue weighted by atomic mass is 16.5. The molecular weight excluding hydrogens is 210 g/mol. The van der Waals surface area contributed by atoms with Gasteiger partial charge in [-0.3, -0.25) is 9.89 Å². The van der Waals surface area contributed by atoms with Gasteiger partial charge in [0, 0.05) is 32.9 Å². The zero-order chi connectivity index (χ0) is 11.4. The minimum Gasteiger partial charge on any atom is -0.378 e. The van der Waals surface area contributed by atoms with E-state index in [1.807, 2.05) is 0 Å². The number of H-pyrrole nitrogens is 1. The van der Waals surface area contributed by atoms with Crippen molar-refractivity contribution < 1.29 is 14.3 Å². The van der Waals surface area contributed by atoms with Gasteiger partial charge in [0.25, 0.3) is 5.91 Å². The Hall–Kier alpha value is -1.40. The van der Waals surface area contributed by atoms with Gasteiger partial charge in [-0.1, -0.05) is 0 Å². The molecule has 2 heterocycles. The summed E-state index contributed by atoms with van der Waals surface area (Å²) in [5.74, 6) is -0.155. The third-order valence-electron chi connectivity index (χ3n) is 2.83. The van der Waals surface area contributed by atoms with E-state index in [0.717, 1.165) is 6.42 Å². The quantitative estimate of drug-likeness (QED) is 0.753. The normalized spacial score (nSPS) is 24.6. The summed E-state index contributed by atoms with van der Waals surface area (Å²) in [5.41, 5.74) is 0.143. The lowest BCUT2D eigenvalue weighted by Crippen LogP contribution is -2.44. The molecule has 88 valence electrons. The summed E-state index contributed by atoms with van der Waals surface area (Å²) in [6.07, 6.45) is 3.84. The van der Waals surface area contributed by atoms with Crippen LogP contribution in [0.4, 0.5) is 0 Å². The van der Waals surface area contributed by atoms with Crippen molar-refractivity contribution in [2.75, 3.05) is 26.9 Å². The molecule has 1 aliphatic rings. The highest BCUT2D eigenvalue weighted by molar-refractivity contribution is 5.93. The standard InChI is InChI=1S/C10H15N3O3/c1-15-10(2-3-16-7-10)6-11-9(14)8-4-12-13-5-8/h4-5H,2-3,6-7H2,1H3,(H,11,14)(H,12,13). The number of hydrogen-bond acceptors (Lipinski definition) is 4. The van der Waals surface area contributed by atoms with Crippen molar-refractivity contribution in [1.29, 1.82) is 0 Å². The number of carbonyl (C=O) groups is 1. The molecule has 1 saturated heterocycles. The van der Waals surface area contributed by atoms with E-state index in [-0.39, 0.29) is 11.5 Å². The number of methoxy groups -OCH3 is 1.